The molecule has 0 aliphatic rings. The van der Waals surface area contributed by atoms with Crippen molar-refractivity contribution in [3.05, 3.63) is 34.6 Å². The van der Waals surface area contributed by atoms with Crippen molar-refractivity contribution in [3.63, 3.8) is 0 Å². The Balaban J connectivity index is 2.54. The molecule has 0 bridgehead atoms. The van der Waals surface area contributed by atoms with Crippen LogP contribution < -0.4 is 5.32 Å². The largest absolute Gasteiger partial charge is 0.312 e. The number of rotatable bonds is 4. The zero-order valence-electron chi connectivity index (χ0n) is 7.69. The first-order valence-corrected chi connectivity index (χ1v) is 4.70. The van der Waals surface area contributed by atoms with Crippen LogP contribution in [0.25, 0.3) is 0 Å². The van der Waals surface area contributed by atoms with E-state index in [9.17, 15) is 4.39 Å². The van der Waals surface area contributed by atoms with Gasteiger partial charge in [0.1, 0.15) is 5.82 Å². The van der Waals surface area contributed by atoms with Crippen molar-refractivity contribution < 1.29 is 4.39 Å². The van der Waals surface area contributed by atoms with E-state index in [1.165, 1.54) is 6.07 Å². The van der Waals surface area contributed by atoms with Gasteiger partial charge in [0, 0.05) is 30.1 Å². The van der Waals surface area contributed by atoms with E-state index in [4.69, 9.17) is 18.0 Å². The van der Waals surface area contributed by atoms with Crippen LogP contribution in [-0.4, -0.2) is 6.54 Å². The lowest BCUT2D eigenvalue weighted by atomic mass is 10.2. The van der Waals surface area contributed by atoms with Crippen molar-refractivity contribution in [1.82, 2.24) is 5.32 Å². The SMILES string of the molecule is C#CCCNCc1c(F)cccc1Cl. The molecule has 1 N–H and O–H groups in total. The highest BCUT2D eigenvalue weighted by molar-refractivity contribution is 6.31. The van der Waals surface area contributed by atoms with Crippen molar-refractivity contribution in [3.8, 4) is 12.3 Å². The quantitative estimate of drug-likeness (QED) is 0.596. The molecular weight excluding hydrogens is 201 g/mol. The van der Waals surface area contributed by atoms with Crippen LogP contribution in [0.15, 0.2) is 18.2 Å². The molecule has 0 spiro atoms. The van der Waals surface area contributed by atoms with Crippen molar-refractivity contribution in [2.24, 2.45) is 0 Å². The molecule has 0 aliphatic heterocycles. The molecule has 0 fully saturated rings. The number of halogens is 2. The second-order valence-electron chi connectivity index (χ2n) is 2.83. The average Bonchev–Trinajstić information content (AvgIpc) is 2.16. The number of terminal acetylenes is 1. The van der Waals surface area contributed by atoms with Gasteiger partial charge in [-0.15, -0.1) is 12.3 Å². The highest BCUT2D eigenvalue weighted by Crippen LogP contribution is 2.18. The Morgan fingerprint density at radius 2 is 2.29 bits per heavy atom. The minimum Gasteiger partial charge on any atom is -0.312 e. The third-order valence-corrected chi connectivity index (χ3v) is 2.16. The molecule has 0 aromatic heterocycles. The van der Waals surface area contributed by atoms with Crippen LogP contribution >= 0.6 is 11.6 Å². The van der Waals surface area contributed by atoms with Crippen LogP contribution in [0.1, 0.15) is 12.0 Å². The standard InChI is InChI=1S/C11H11ClFN/c1-2-3-7-14-8-9-10(12)5-4-6-11(9)13/h1,4-6,14H,3,7-8H2. The molecule has 1 aromatic carbocycles. The fourth-order valence-corrected chi connectivity index (χ4v) is 1.30. The maximum absolute atomic E-state index is 13.2. The van der Waals surface area contributed by atoms with E-state index in [1.807, 2.05) is 0 Å². The molecule has 0 aliphatic carbocycles. The van der Waals surface area contributed by atoms with Crippen LogP contribution in [-0.2, 0) is 6.54 Å². The fraction of sp³-hybridized carbons (Fsp3) is 0.273. The summed E-state index contributed by atoms with van der Waals surface area (Å²) in [6.45, 7) is 1.08. The lowest BCUT2D eigenvalue weighted by Gasteiger charge is -2.06. The minimum absolute atomic E-state index is 0.286. The van der Waals surface area contributed by atoms with Crippen LogP contribution in [0, 0.1) is 18.2 Å². The Labute approximate surface area is 88.3 Å². The van der Waals surface area contributed by atoms with Gasteiger partial charge in [-0.1, -0.05) is 17.7 Å². The van der Waals surface area contributed by atoms with Crippen molar-refractivity contribution >= 4 is 11.6 Å². The van der Waals surface area contributed by atoms with Crippen LogP contribution in [0.5, 0.6) is 0 Å². The van der Waals surface area contributed by atoms with Gasteiger partial charge in [-0.05, 0) is 12.1 Å². The van der Waals surface area contributed by atoms with Crippen LogP contribution in [0.3, 0.4) is 0 Å². The summed E-state index contributed by atoms with van der Waals surface area (Å²) in [7, 11) is 0. The summed E-state index contributed by atoms with van der Waals surface area (Å²) in [6, 6.07) is 4.65. The smallest absolute Gasteiger partial charge is 0.129 e. The normalized spacial score (nSPS) is 9.79. The molecule has 0 unspecified atom stereocenters. The van der Waals surface area contributed by atoms with Crippen molar-refractivity contribution in [2.75, 3.05) is 6.54 Å². The zero-order valence-corrected chi connectivity index (χ0v) is 8.44. The molecule has 0 heterocycles. The summed E-state index contributed by atoms with van der Waals surface area (Å²) >= 11 is 5.82. The van der Waals surface area contributed by atoms with E-state index in [1.54, 1.807) is 12.1 Å². The van der Waals surface area contributed by atoms with Crippen molar-refractivity contribution in [2.45, 2.75) is 13.0 Å². The van der Waals surface area contributed by atoms with Gasteiger partial charge in [-0.3, -0.25) is 0 Å². The molecule has 0 saturated heterocycles. The second kappa shape index (κ2) is 5.64. The molecule has 0 radical (unpaired) electrons. The summed E-state index contributed by atoms with van der Waals surface area (Å²) in [5.41, 5.74) is 0.492. The van der Waals surface area contributed by atoms with Crippen molar-refractivity contribution in [1.29, 1.82) is 0 Å². The fourth-order valence-electron chi connectivity index (χ4n) is 1.08. The van der Waals surface area contributed by atoms with E-state index in [2.05, 4.69) is 11.2 Å². The summed E-state index contributed by atoms with van der Waals surface area (Å²) in [6.07, 6.45) is 5.71. The highest BCUT2D eigenvalue weighted by Gasteiger charge is 2.04. The lowest BCUT2D eigenvalue weighted by Crippen LogP contribution is -2.15. The number of hydrogen-bond donors (Lipinski definition) is 1. The summed E-state index contributed by atoms with van der Waals surface area (Å²) in [4.78, 5) is 0. The Hall–Kier alpha value is -1.04. The maximum Gasteiger partial charge on any atom is 0.129 e. The monoisotopic (exact) mass is 211 g/mol. The van der Waals surface area contributed by atoms with Gasteiger partial charge in [0.15, 0.2) is 0 Å². The number of nitrogens with one attached hydrogen (secondary N) is 1. The third kappa shape index (κ3) is 3.02. The van der Waals surface area contributed by atoms with E-state index in [0.717, 1.165) is 0 Å². The van der Waals surface area contributed by atoms with E-state index in [0.29, 0.717) is 30.1 Å². The van der Waals surface area contributed by atoms with E-state index < -0.39 is 0 Å². The maximum atomic E-state index is 13.2. The van der Waals surface area contributed by atoms with Crippen LogP contribution in [0.4, 0.5) is 4.39 Å². The summed E-state index contributed by atoms with van der Waals surface area (Å²) < 4.78 is 13.2. The lowest BCUT2D eigenvalue weighted by molar-refractivity contribution is 0.590. The van der Waals surface area contributed by atoms with Gasteiger partial charge < -0.3 is 5.32 Å². The molecule has 0 saturated carbocycles. The molecule has 1 aromatic rings. The predicted octanol–water partition coefficient (Wildman–Crippen LogP) is 2.59. The van der Waals surface area contributed by atoms with Crippen LogP contribution in [0.2, 0.25) is 5.02 Å². The molecule has 0 atom stereocenters. The molecule has 0 amide bonds. The highest BCUT2D eigenvalue weighted by atomic mass is 35.5. The van der Waals surface area contributed by atoms with Gasteiger partial charge in [-0.25, -0.2) is 4.39 Å². The molecule has 1 nitrogen and oxygen atoms in total. The van der Waals surface area contributed by atoms with Gasteiger partial charge in [0.25, 0.3) is 0 Å². The molecular formula is C11H11ClFN. The van der Waals surface area contributed by atoms with Gasteiger partial charge in [0.05, 0.1) is 0 Å². The van der Waals surface area contributed by atoms with E-state index in [-0.39, 0.29) is 5.82 Å². The summed E-state index contributed by atoms with van der Waals surface area (Å²) in [5, 5.41) is 3.46. The average molecular weight is 212 g/mol. The third-order valence-electron chi connectivity index (χ3n) is 1.81. The van der Waals surface area contributed by atoms with Gasteiger partial charge in [-0.2, -0.15) is 0 Å². The first-order valence-electron chi connectivity index (χ1n) is 4.32. The minimum atomic E-state index is -0.286. The summed E-state index contributed by atoms with van der Waals surface area (Å²) in [5.74, 6) is 2.21. The Morgan fingerprint density at radius 3 is 2.93 bits per heavy atom. The second-order valence-corrected chi connectivity index (χ2v) is 3.24. The van der Waals surface area contributed by atoms with Gasteiger partial charge in [0.2, 0.25) is 0 Å². The zero-order chi connectivity index (χ0) is 10.4. The van der Waals surface area contributed by atoms with E-state index >= 15 is 0 Å². The van der Waals surface area contributed by atoms with Gasteiger partial charge >= 0.3 is 0 Å². The molecule has 74 valence electrons. The molecule has 1 rings (SSSR count). The molecule has 14 heavy (non-hydrogen) atoms. The first-order chi connectivity index (χ1) is 6.75. The Kier molecular flexibility index (Phi) is 4.45. The topological polar surface area (TPSA) is 12.0 Å². The predicted molar refractivity (Wildman–Crippen MR) is 56.6 cm³/mol. The Bertz CT molecular complexity index is 323. The Morgan fingerprint density at radius 1 is 1.50 bits per heavy atom. The number of benzene rings is 1. The number of hydrogen-bond acceptors (Lipinski definition) is 1. The molecule has 3 heteroatoms. The first kappa shape index (κ1) is 11.0.